The molecular formula is C17H23N4O6PS. The summed E-state index contributed by atoms with van der Waals surface area (Å²) in [4.78, 5) is 28.0. The van der Waals surface area contributed by atoms with E-state index in [9.17, 15) is 14.2 Å². The van der Waals surface area contributed by atoms with Crippen LogP contribution in [0.5, 0.6) is 0 Å². The van der Waals surface area contributed by atoms with E-state index in [1.165, 1.54) is 16.7 Å². The SMILES string of the molecule is CCOP(=O)(CN1C(=O)C(N=[N+]=[N-])C1SC)OCCC(=O)OCc1ccccc1. The first-order chi connectivity index (χ1) is 13.9. The third-order valence-electron chi connectivity index (χ3n) is 4.02. The Labute approximate surface area is 173 Å². The van der Waals surface area contributed by atoms with E-state index in [2.05, 4.69) is 10.0 Å². The summed E-state index contributed by atoms with van der Waals surface area (Å²) in [6.45, 7) is 1.73. The van der Waals surface area contributed by atoms with Crippen molar-refractivity contribution in [3.8, 4) is 0 Å². The zero-order chi connectivity index (χ0) is 21.3. The van der Waals surface area contributed by atoms with Crippen LogP contribution in [0.15, 0.2) is 35.4 Å². The maximum absolute atomic E-state index is 12.9. The molecule has 1 aliphatic rings. The molecule has 2 rings (SSSR count). The number of likely N-dealkylation sites (tertiary alicyclic amines) is 1. The molecular weight excluding hydrogens is 419 g/mol. The molecule has 10 nitrogen and oxygen atoms in total. The fourth-order valence-corrected chi connectivity index (χ4v) is 5.32. The molecule has 1 saturated heterocycles. The first-order valence-corrected chi connectivity index (χ1v) is 11.9. The van der Waals surface area contributed by atoms with Gasteiger partial charge in [0.25, 0.3) is 0 Å². The summed E-state index contributed by atoms with van der Waals surface area (Å²) in [6.07, 6.45) is 1.37. The lowest BCUT2D eigenvalue weighted by molar-refractivity contribution is -0.146. The highest BCUT2D eigenvalue weighted by molar-refractivity contribution is 7.99. The van der Waals surface area contributed by atoms with Gasteiger partial charge in [-0.2, -0.15) is 0 Å². The maximum atomic E-state index is 12.9. The van der Waals surface area contributed by atoms with Crippen molar-refractivity contribution in [3.63, 3.8) is 0 Å². The van der Waals surface area contributed by atoms with Gasteiger partial charge in [-0.05, 0) is 24.3 Å². The number of hydrogen-bond donors (Lipinski definition) is 0. The summed E-state index contributed by atoms with van der Waals surface area (Å²) >= 11 is 1.30. The third-order valence-corrected chi connectivity index (χ3v) is 6.89. The molecule has 0 saturated carbocycles. The van der Waals surface area contributed by atoms with E-state index in [0.717, 1.165) is 5.56 Å². The van der Waals surface area contributed by atoms with Crippen molar-refractivity contribution in [2.45, 2.75) is 31.4 Å². The van der Waals surface area contributed by atoms with E-state index < -0.39 is 30.9 Å². The standard InChI is InChI=1S/C17H23N4O6PS/c1-3-26-28(24,12-21-16(23)15(19-20-18)17(21)29-2)27-10-9-14(22)25-11-13-7-5-4-6-8-13/h4-8,15,17H,3,9-12H2,1-2H3. The zero-order valence-corrected chi connectivity index (χ0v) is 17.9. The number of esters is 1. The van der Waals surface area contributed by atoms with Gasteiger partial charge in [0.2, 0.25) is 5.91 Å². The van der Waals surface area contributed by atoms with Gasteiger partial charge in [-0.25, -0.2) is 0 Å². The molecule has 1 heterocycles. The number of benzene rings is 1. The Morgan fingerprint density at radius 3 is 2.69 bits per heavy atom. The van der Waals surface area contributed by atoms with Gasteiger partial charge in [0, 0.05) is 4.91 Å². The number of azide groups is 1. The van der Waals surface area contributed by atoms with E-state index in [1.807, 2.05) is 30.3 Å². The number of β-lactam (4-membered cyclic amide) rings is 1. The van der Waals surface area contributed by atoms with Gasteiger partial charge < -0.3 is 18.7 Å². The van der Waals surface area contributed by atoms with Crippen LogP contribution >= 0.6 is 19.4 Å². The summed E-state index contributed by atoms with van der Waals surface area (Å²) in [5, 5.41) is 3.02. The first kappa shape index (κ1) is 23.3. The monoisotopic (exact) mass is 442 g/mol. The van der Waals surface area contributed by atoms with Crippen LogP contribution in [0.3, 0.4) is 0 Å². The number of amides is 1. The van der Waals surface area contributed by atoms with E-state index in [0.29, 0.717) is 0 Å². The number of nitrogens with zero attached hydrogens (tertiary/aromatic N) is 4. The van der Waals surface area contributed by atoms with Crippen LogP contribution in [0.4, 0.5) is 0 Å². The normalized spacial score (nSPS) is 20.3. The molecule has 0 spiro atoms. The molecule has 0 radical (unpaired) electrons. The lowest BCUT2D eigenvalue weighted by Crippen LogP contribution is -2.62. The van der Waals surface area contributed by atoms with Gasteiger partial charge in [0.15, 0.2) is 0 Å². The number of carbonyl (C=O) groups excluding carboxylic acids is 2. The Balaban J connectivity index is 1.85. The predicted molar refractivity (Wildman–Crippen MR) is 108 cm³/mol. The van der Waals surface area contributed by atoms with Crippen LogP contribution in [0.2, 0.25) is 0 Å². The van der Waals surface area contributed by atoms with Gasteiger partial charge in [0.05, 0.1) is 25.0 Å². The second-order valence-corrected chi connectivity index (χ2v) is 8.96. The van der Waals surface area contributed by atoms with Crippen molar-refractivity contribution in [2.75, 3.05) is 25.8 Å². The van der Waals surface area contributed by atoms with Crippen molar-refractivity contribution < 1.29 is 27.9 Å². The molecule has 3 unspecified atom stereocenters. The molecule has 0 N–H and O–H groups in total. The molecule has 29 heavy (non-hydrogen) atoms. The molecule has 0 aromatic heterocycles. The number of thioether (sulfide) groups is 1. The number of ether oxygens (including phenoxy) is 1. The molecule has 0 bridgehead atoms. The highest BCUT2D eigenvalue weighted by Gasteiger charge is 2.49. The largest absolute Gasteiger partial charge is 0.461 e. The topological polar surface area (TPSA) is 131 Å². The minimum absolute atomic E-state index is 0.106. The van der Waals surface area contributed by atoms with Crippen LogP contribution < -0.4 is 0 Å². The lowest BCUT2D eigenvalue weighted by Gasteiger charge is -2.44. The van der Waals surface area contributed by atoms with Crippen molar-refractivity contribution in [1.29, 1.82) is 0 Å². The van der Waals surface area contributed by atoms with Crippen LogP contribution in [-0.2, 0) is 34.5 Å². The maximum Gasteiger partial charge on any atom is 0.349 e. The molecule has 3 atom stereocenters. The van der Waals surface area contributed by atoms with E-state index in [4.69, 9.17) is 19.3 Å². The molecule has 1 amide bonds. The van der Waals surface area contributed by atoms with Crippen molar-refractivity contribution >= 4 is 31.2 Å². The second-order valence-electron chi connectivity index (χ2n) is 5.98. The molecule has 1 fully saturated rings. The van der Waals surface area contributed by atoms with Crippen LogP contribution in [0, 0.1) is 0 Å². The average molecular weight is 442 g/mol. The van der Waals surface area contributed by atoms with Gasteiger partial charge in [-0.1, -0.05) is 35.4 Å². The van der Waals surface area contributed by atoms with Gasteiger partial charge in [0.1, 0.15) is 18.9 Å². The number of rotatable bonds is 12. The summed E-state index contributed by atoms with van der Waals surface area (Å²) in [7, 11) is -3.66. The van der Waals surface area contributed by atoms with Gasteiger partial charge >= 0.3 is 13.6 Å². The quantitative estimate of drug-likeness (QED) is 0.121. The highest BCUT2D eigenvalue weighted by atomic mass is 32.2. The minimum atomic E-state index is -3.66. The molecule has 1 aromatic rings. The zero-order valence-electron chi connectivity index (χ0n) is 16.2. The van der Waals surface area contributed by atoms with E-state index in [1.54, 1.807) is 13.2 Å². The summed E-state index contributed by atoms with van der Waals surface area (Å²) in [6, 6.07) is 8.39. The summed E-state index contributed by atoms with van der Waals surface area (Å²) in [5.74, 6) is -0.935. The third kappa shape index (κ3) is 6.48. The Bertz CT molecular complexity index is 804. The van der Waals surface area contributed by atoms with E-state index in [-0.39, 0.29) is 32.5 Å². The highest BCUT2D eigenvalue weighted by Crippen LogP contribution is 2.51. The number of hydrogen-bond acceptors (Lipinski definition) is 8. The Hall–Kier alpha value is -2.03. The molecule has 12 heteroatoms. The lowest BCUT2D eigenvalue weighted by atomic mass is 10.1. The second kappa shape index (κ2) is 11.2. The molecule has 1 aliphatic heterocycles. The molecule has 1 aromatic carbocycles. The first-order valence-electron chi connectivity index (χ1n) is 8.89. The Morgan fingerprint density at radius 1 is 1.34 bits per heavy atom. The van der Waals surface area contributed by atoms with Crippen molar-refractivity contribution in [2.24, 2.45) is 5.11 Å². The average Bonchev–Trinajstić information content (AvgIpc) is 2.72. The fourth-order valence-electron chi connectivity index (χ4n) is 2.65. The van der Waals surface area contributed by atoms with Crippen molar-refractivity contribution in [1.82, 2.24) is 4.90 Å². The number of carbonyl (C=O) groups is 2. The summed E-state index contributed by atoms with van der Waals surface area (Å²) < 4.78 is 28.7. The van der Waals surface area contributed by atoms with Gasteiger partial charge in [-0.15, -0.1) is 11.8 Å². The Kier molecular flexibility index (Phi) is 9.00. The van der Waals surface area contributed by atoms with Crippen molar-refractivity contribution in [3.05, 3.63) is 46.3 Å². The van der Waals surface area contributed by atoms with E-state index >= 15 is 0 Å². The Morgan fingerprint density at radius 2 is 2.07 bits per heavy atom. The van der Waals surface area contributed by atoms with Crippen LogP contribution in [-0.4, -0.2) is 53.9 Å². The van der Waals surface area contributed by atoms with Crippen LogP contribution in [0.25, 0.3) is 10.4 Å². The minimum Gasteiger partial charge on any atom is -0.461 e. The molecule has 0 aliphatic carbocycles. The fraction of sp³-hybridized carbons (Fsp3) is 0.529. The summed E-state index contributed by atoms with van der Waals surface area (Å²) in [5.41, 5.74) is 9.41. The smallest absolute Gasteiger partial charge is 0.349 e. The van der Waals surface area contributed by atoms with Crippen LogP contribution in [0.1, 0.15) is 18.9 Å². The molecule has 158 valence electrons. The van der Waals surface area contributed by atoms with Gasteiger partial charge in [-0.3, -0.25) is 14.2 Å². The predicted octanol–water partition coefficient (Wildman–Crippen LogP) is 3.53.